The summed E-state index contributed by atoms with van der Waals surface area (Å²) in [6, 6.07) is 5.95. The Labute approximate surface area is 53.3 Å². The summed E-state index contributed by atoms with van der Waals surface area (Å²) < 4.78 is 12.3. The van der Waals surface area contributed by atoms with Gasteiger partial charge in [-0.15, -0.1) is 6.42 Å². The molecule has 1 heteroatoms. The molecule has 0 aliphatic carbocycles. The van der Waals surface area contributed by atoms with E-state index in [0.29, 0.717) is 5.56 Å². The highest BCUT2D eigenvalue weighted by molar-refractivity contribution is 5.31. The Morgan fingerprint density at radius 3 is 2.67 bits per heavy atom. The monoisotopic (exact) mass is 120 g/mol. The first-order chi connectivity index (χ1) is 4.33. The van der Waals surface area contributed by atoms with E-state index in [1.807, 2.05) is 0 Å². The summed E-state index contributed by atoms with van der Waals surface area (Å²) in [6.45, 7) is 0. The molecule has 1 rings (SSSR count). The van der Waals surface area contributed by atoms with Crippen LogP contribution in [-0.2, 0) is 0 Å². The van der Waals surface area contributed by atoms with Crippen molar-refractivity contribution in [2.24, 2.45) is 0 Å². The van der Waals surface area contributed by atoms with Crippen molar-refractivity contribution in [3.8, 4) is 12.3 Å². The Hall–Kier alpha value is -1.29. The molecule has 1 aromatic carbocycles. The predicted molar refractivity (Wildman–Crippen MR) is 34.3 cm³/mol. The topological polar surface area (TPSA) is 0 Å². The lowest BCUT2D eigenvalue weighted by Crippen LogP contribution is -1.74. The molecule has 0 aliphatic rings. The number of halogens is 1. The van der Waals surface area contributed by atoms with E-state index in [0.717, 1.165) is 0 Å². The molecule has 0 bridgehead atoms. The fraction of sp³-hybridized carbons (Fsp3) is 0. The van der Waals surface area contributed by atoms with Gasteiger partial charge >= 0.3 is 0 Å². The molecule has 1 aromatic rings. The summed E-state index contributed by atoms with van der Waals surface area (Å²) in [5.74, 6) is 2.04. The van der Waals surface area contributed by atoms with Gasteiger partial charge in [-0.25, -0.2) is 4.39 Å². The number of terminal acetylenes is 1. The second-order valence-corrected chi connectivity index (χ2v) is 1.65. The maximum atomic E-state index is 12.3. The van der Waals surface area contributed by atoms with Gasteiger partial charge in [0.2, 0.25) is 0 Å². The fourth-order valence-corrected chi connectivity index (χ4v) is 0.578. The zero-order valence-electron chi connectivity index (χ0n) is 4.76. The summed E-state index contributed by atoms with van der Waals surface area (Å²) in [4.78, 5) is 0. The minimum atomic E-state index is -0.287. The van der Waals surface area contributed by atoms with Crippen molar-refractivity contribution in [3.63, 3.8) is 0 Å². The van der Waals surface area contributed by atoms with Crippen molar-refractivity contribution in [2.45, 2.75) is 0 Å². The molecule has 0 unspecified atom stereocenters. The third-order valence-corrected chi connectivity index (χ3v) is 0.991. The average Bonchev–Trinajstić information content (AvgIpc) is 1.88. The van der Waals surface area contributed by atoms with E-state index >= 15 is 0 Å². The quantitative estimate of drug-likeness (QED) is 0.458. The van der Waals surface area contributed by atoms with Gasteiger partial charge in [-0.3, -0.25) is 0 Å². The van der Waals surface area contributed by atoms with Crippen molar-refractivity contribution in [1.82, 2.24) is 0 Å². The highest BCUT2D eigenvalue weighted by Gasteiger charge is 1.87. The van der Waals surface area contributed by atoms with Crippen LogP contribution < -0.4 is 0 Å². The minimum absolute atomic E-state index is 0.287. The van der Waals surface area contributed by atoms with Crippen molar-refractivity contribution in [1.29, 1.82) is 0 Å². The van der Waals surface area contributed by atoms with Crippen LogP contribution in [0.3, 0.4) is 0 Å². The summed E-state index contributed by atoms with van der Waals surface area (Å²) >= 11 is 0. The van der Waals surface area contributed by atoms with E-state index in [2.05, 4.69) is 5.92 Å². The van der Waals surface area contributed by atoms with Gasteiger partial charge in [-0.05, 0) is 18.2 Å². The first-order valence-corrected chi connectivity index (χ1v) is 2.55. The Bertz CT molecular complexity index is 245. The second-order valence-electron chi connectivity index (χ2n) is 1.65. The third kappa shape index (κ3) is 1.30. The molecule has 9 heavy (non-hydrogen) atoms. The second kappa shape index (κ2) is 2.32. The average molecular weight is 120 g/mol. The molecule has 0 amide bonds. The molecule has 0 saturated heterocycles. The first kappa shape index (κ1) is 5.84. The molecular formula is C8H5F. The normalized spacial score (nSPS) is 8.44. The van der Waals surface area contributed by atoms with E-state index < -0.39 is 0 Å². The lowest BCUT2D eigenvalue weighted by molar-refractivity contribution is 0.627. The summed E-state index contributed by atoms with van der Waals surface area (Å²) in [5, 5.41) is 0. The number of rotatable bonds is 0. The van der Waals surface area contributed by atoms with E-state index in [9.17, 15) is 4.39 Å². The van der Waals surface area contributed by atoms with Crippen LogP contribution in [0.5, 0.6) is 0 Å². The Balaban J connectivity index is 3.12. The SMILES string of the molecule is C#Cc1cccc(F)c1. The first-order valence-electron chi connectivity index (χ1n) is 2.55. The van der Waals surface area contributed by atoms with Crippen LogP contribution >= 0.6 is 0 Å². The molecule has 0 N–H and O–H groups in total. The number of hydrogen-bond acceptors (Lipinski definition) is 0. The van der Waals surface area contributed by atoms with Crippen molar-refractivity contribution >= 4 is 0 Å². The van der Waals surface area contributed by atoms with Crippen molar-refractivity contribution in [3.05, 3.63) is 35.6 Å². The highest BCUT2D eigenvalue weighted by atomic mass is 19.1. The molecule has 0 nitrogen and oxygen atoms in total. The number of benzene rings is 1. The van der Waals surface area contributed by atoms with Crippen LogP contribution in [0.1, 0.15) is 5.56 Å². The molecule has 0 saturated carbocycles. The van der Waals surface area contributed by atoms with Crippen LogP contribution in [0, 0.1) is 18.2 Å². The molecule has 0 fully saturated rings. The highest BCUT2D eigenvalue weighted by Crippen LogP contribution is 2.00. The Morgan fingerprint density at radius 1 is 1.44 bits per heavy atom. The maximum Gasteiger partial charge on any atom is 0.124 e. The lowest BCUT2D eigenvalue weighted by Gasteiger charge is -1.87. The maximum absolute atomic E-state index is 12.3. The molecule has 0 heterocycles. The third-order valence-electron chi connectivity index (χ3n) is 0.991. The zero-order valence-corrected chi connectivity index (χ0v) is 4.76. The summed E-state index contributed by atoms with van der Waals surface area (Å²) in [7, 11) is 0. The minimum Gasteiger partial charge on any atom is -0.207 e. The van der Waals surface area contributed by atoms with Crippen LogP contribution in [0.2, 0.25) is 0 Å². The van der Waals surface area contributed by atoms with Gasteiger partial charge in [0.1, 0.15) is 5.82 Å². The van der Waals surface area contributed by atoms with Gasteiger partial charge in [0, 0.05) is 5.56 Å². The molecule has 0 radical (unpaired) electrons. The zero-order chi connectivity index (χ0) is 6.69. The van der Waals surface area contributed by atoms with Crippen molar-refractivity contribution in [2.75, 3.05) is 0 Å². The summed E-state index contributed by atoms with van der Waals surface area (Å²) in [5.41, 5.74) is 0.579. The van der Waals surface area contributed by atoms with Gasteiger partial charge in [-0.2, -0.15) is 0 Å². The van der Waals surface area contributed by atoms with E-state index in [4.69, 9.17) is 6.42 Å². The molecule has 0 spiro atoms. The predicted octanol–water partition coefficient (Wildman–Crippen LogP) is 1.81. The Morgan fingerprint density at radius 2 is 2.22 bits per heavy atom. The molecule has 0 aliphatic heterocycles. The van der Waals surface area contributed by atoms with Crippen molar-refractivity contribution < 1.29 is 4.39 Å². The van der Waals surface area contributed by atoms with Gasteiger partial charge in [0.25, 0.3) is 0 Å². The van der Waals surface area contributed by atoms with Gasteiger partial charge in [0.15, 0.2) is 0 Å². The van der Waals surface area contributed by atoms with Gasteiger partial charge in [-0.1, -0.05) is 12.0 Å². The van der Waals surface area contributed by atoms with Crippen LogP contribution in [0.15, 0.2) is 24.3 Å². The van der Waals surface area contributed by atoms with E-state index in [1.54, 1.807) is 12.1 Å². The molecule has 44 valence electrons. The van der Waals surface area contributed by atoms with Gasteiger partial charge in [0.05, 0.1) is 0 Å². The van der Waals surface area contributed by atoms with Gasteiger partial charge < -0.3 is 0 Å². The molecule has 0 aromatic heterocycles. The number of hydrogen-bond donors (Lipinski definition) is 0. The summed E-state index contributed by atoms with van der Waals surface area (Å²) in [6.07, 6.45) is 5.00. The van der Waals surface area contributed by atoms with Crippen LogP contribution in [-0.4, -0.2) is 0 Å². The Kier molecular flexibility index (Phi) is 1.51. The molecular weight excluding hydrogens is 115 g/mol. The van der Waals surface area contributed by atoms with E-state index in [1.165, 1.54) is 12.1 Å². The fourth-order valence-electron chi connectivity index (χ4n) is 0.578. The van der Waals surface area contributed by atoms with E-state index in [-0.39, 0.29) is 5.82 Å². The van der Waals surface area contributed by atoms with Crippen LogP contribution in [0.25, 0.3) is 0 Å². The smallest absolute Gasteiger partial charge is 0.124 e. The van der Waals surface area contributed by atoms with Crippen LogP contribution in [0.4, 0.5) is 4.39 Å². The standard InChI is InChI=1S/C8H5F/c1-2-7-4-3-5-8(9)6-7/h1,3-6H. The largest absolute Gasteiger partial charge is 0.207 e. The lowest BCUT2D eigenvalue weighted by atomic mass is 10.2. The molecule has 0 atom stereocenters.